The van der Waals surface area contributed by atoms with Gasteiger partial charge in [-0.1, -0.05) is 12.8 Å². The Hall–Kier alpha value is -0.0900. The molecule has 1 saturated carbocycles. The van der Waals surface area contributed by atoms with Gasteiger partial charge in [0.1, 0.15) is 0 Å². The van der Waals surface area contributed by atoms with E-state index < -0.39 is 10.0 Å². The summed E-state index contributed by atoms with van der Waals surface area (Å²) in [7, 11) is -2.90. The van der Waals surface area contributed by atoms with Gasteiger partial charge < -0.3 is 0 Å². The van der Waals surface area contributed by atoms with Crippen LogP contribution in [0.2, 0.25) is 0 Å². The van der Waals surface area contributed by atoms with Crippen molar-refractivity contribution in [3.05, 3.63) is 0 Å². The minimum atomic E-state index is -2.90. The van der Waals surface area contributed by atoms with Gasteiger partial charge in [0.05, 0.1) is 6.26 Å². The van der Waals surface area contributed by atoms with Crippen LogP contribution in [0.25, 0.3) is 0 Å². The summed E-state index contributed by atoms with van der Waals surface area (Å²) in [5.41, 5.74) is 0. The van der Waals surface area contributed by atoms with E-state index in [1.165, 1.54) is 25.5 Å². The summed E-state index contributed by atoms with van der Waals surface area (Å²) < 4.78 is 24.1. The molecule has 2 fully saturated rings. The zero-order valence-corrected chi connectivity index (χ0v) is 8.18. The SMILES string of the molecule is CS(=O)(=O)N1CC2CCCCC21. The Bertz CT molecular complexity index is 273. The molecule has 2 rings (SSSR count). The molecule has 2 atom stereocenters. The monoisotopic (exact) mass is 189 g/mol. The van der Waals surface area contributed by atoms with Crippen molar-refractivity contribution in [1.29, 1.82) is 0 Å². The lowest BCUT2D eigenvalue weighted by atomic mass is 9.79. The number of fused-ring (bicyclic) bond motifs is 1. The summed E-state index contributed by atoms with van der Waals surface area (Å²) in [6.45, 7) is 0.781. The molecule has 1 aliphatic heterocycles. The van der Waals surface area contributed by atoms with Crippen LogP contribution in [0.5, 0.6) is 0 Å². The lowest BCUT2D eigenvalue weighted by Crippen LogP contribution is -2.59. The Morgan fingerprint density at radius 1 is 1.25 bits per heavy atom. The first-order chi connectivity index (χ1) is 5.59. The molecule has 0 N–H and O–H groups in total. The molecule has 0 aromatic carbocycles. The van der Waals surface area contributed by atoms with E-state index in [4.69, 9.17) is 0 Å². The van der Waals surface area contributed by atoms with Crippen molar-refractivity contribution in [2.45, 2.75) is 31.7 Å². The quantitative estimate of drug-likeness (QED) is 0.612. The van der Waals surface area contributed by atoms with Gasteiger partial charge in [-0.25, -0.2) is 8.42 Å². The molecule has 1 saturated heterocycles. The average molecular weight is 189 g/mol. The van der Waals surface area contributed by atoms with Crippen LogP contribution in [-0.2, 0) is 10.0 Å². The van der Waals surface area contributed by atoms with E-state index in [2.05, 4.69) is 0 Å². The Morgan fingerprint density at radius 2 is 1.92 bits per heavy atom. The third-order valence-electron chi connectivity index (χ3n) is 3.08. The second-order valence-corrected chi connectivity index (χ2v) is 5.88. The third kappa shape index (κ3) is 1.27. The molecule has 2 aliphatic rings. The lowest BCUT2D eigenvalue weighted by Gasteiger charge is -2.49. The van der Waals surface area contributed by atoms with Crippen LogP contribution < -0.4 is 0 Å². The van der Waals surface area contributed by atoms with Crippen LogP contribution in [0.3, 0.4) is 0 Å². The highest BCUT2D eigenvalue weighted by Crippen LogP contribution is 2.38. The van der Waals surface area contributed by atoms with E-state index in [1.54, 1.807) is 4.31 Å². The van der Waals surface area contributed by atoms with Crippen molar-refractivity contribution >= 4 is 10.0 Å². The summed E-state index contributed by atoms with van der Waals surface area (Å²) in [6, 6.07) is 0.355. The minimum absolute atomic E-state index is 0.355. The number of sulfonamides is 1. The topological polar surface area (TPSA) is 37.4 Å². The van der Waals surface area contributed by atoms with Crippen LogP contribution in [0.15, 0.2) is 0 Å². The van der Waals surface area contributed by atoms with Gasteiger partial charge in [-0.15, -0.1) is 0 Å². The second-order valence-electron chi connectivity index (χ2n) is 3.94. The Morgan fingerprint density at radius 3 is 2.50 bits per heavy atom. The fourth-order valence-electron chi connectivity index (χ4n) is 2.39. The lowest BCUT2D eigenvalue weighted by molar-refractivity contribution is 0.0609. The van der Waals surface area contributed by atoms with Crippen molar-refractivity contribution in [2.75, 3.05) is 12.8 Å². The summed E-state index contributed by atoms with van der Waals surface area (Å²) >= 11 is 0. The highest BCUT2D eigenvalue weighted by atomic mass is 32.2. The van der Waals surface area contributed by atoms with Gasteiger partial charge in [0, 0.05) is 12.6 Å². The summed E-state index contributed by atoms with van der Waals surface area (Å²) in [5.74, 6) is 0.675. The first-order valence-electron chi connectivity index (χ1n) is 4.56. The summed E-state index contributed by atoms with van der Waals surface area (Å²) in [6.07, 6.45) is 6.12. The molecule has 2 unspecified atom stereocenters. The fraction of sp³-hybridized carbons (Fsp3) is 1.00. The number of rotatable bonds is 1. The van der Waals surface area contributed by atoms with Crippen molar-refractivity contribution in [1.82, 2.24) is 4.31 Å². The van der Waals surface area contributed by atoms with Crippen molar-refractivity contribution < 1.29 is 8.42 Å². The molecular formula is C8H15NO2S. The van der Waals surface area contributed by atoms with Crippen LogP contribution >= 0.6 is 0 Å². The molecule has 1 heterocycles. The Kier molecular flexibility index (Phi) is 1.92. The first kappa shape index (κ1) is 8.51. The highest BCUT2D eigenvalue weighted by Gasteiger charge is 2.44. The Labute approximate surface area is 73.8 Å². The number of nitrogens with zero attached hydrogens (tertiary/aromatic N) is 1. The van der Waals surface area contributed by atoms with Crippen molar-refractivity contribution in [3.8, 4) is 0 Å². The molecule has 70 valence electrons. The van der Waals surface area contributed by atoms with Crippen molar-refractivity contribution in [2.24, 2.45) is 5.92 Å². The third-order valence-corrected chi connectivity index (χ3v) is 4.35. The normalized spacial score (nSPS) is 37.1. The van der Waals surface area contributed by atoms with Gasteiger partial charge in [0.15, 0.2) is 0 Å². The highest BCUT2D eigenvalue weighted by molar-refractivity contribution is 7.88. The summed E-state index contributed by atoms with van der Waals surface area (Å²) in [5, 5.41) is 0. The molecule has 1 aliphatic carbocycles. The first-order valence-corrected chi connectivity index (χ1v) is 6.40. The van der Waals surface area contributed by atoms with E-state index in [-0.39, 0.29) is 0 Å². The van der Waals surface area contributed by atoms with Crippen LogP contribution in [0.4, 0.5) is 0 Å². The largest absolute Gasteiger partial charge is 0.212 e. The van der Waals surface area contributed by atoms with Gasteiger partial charge in [-0.2, -0.15) is 4.31 Å². The molecule has 0 aromatic heterocycles. The smallest absolute Gasteiger partial charge is 0.211 e. The zero-order chi connectivity index (χ0) is 8.77. The molecule has 0 radical (unpaired) electrons. The molecule has 0 aromatic rings. The maximum absolute atomic E-state index is 11.2. The van der Waals surface area contributed by atoms with Gasteiger partial charge in [-0.05, 0) is 18.8 Å². The van der Waals surface area contributed by atoms with Crippen LogP contribution in [-0.4, -0.2) is 31.6 Å². The fourth-order valence-corrected chi connectivity index (χ4v) is 3.62. The van der Waals surface area contributed by atoms with E-state index >= 15 is 0 Å². The molecule has 0 bridgehead atoms. The van der Waals surface area contributed by atoms with Gasteiger partial charge in [0.2, 0.25) is 10.0 Å². The molecule has 12 heavy (non-hydrogen) atoms. The van der Waals surface area contributed by atoms with E-state index in [9.17, 15) is 8.42 Å². The minimum Gasteiger partial charge on any atom is -0.212 e. The molecule has 0 spiro atoms. The van der Waals surface area contributed by atoms with Gasteiger partial charge in [-0.3, -0.25) is 0 Å². The predicted molar refractivity (Wildman–Crippen MR) is 47.3 cm³/mol. The molecule has 0 amide bonds. The standard InChI is InChI=1S/C8H15NO2S/c1-12(10,11)9-6-7-4-2-3-5-8(7)9/h7-8H,2-6H2,1H3. The van der Waals surface area contributed by atoms with Crippen LogP contribution in [0.1, 0.15) is 25.7 Å². The predicted octanol–water partition coefficient (Wildman–Crippen LogP) is 0.820. The van der Waals surface area contributed by atoms with E-state index in [1.807, 2.05) is 0 Å². The van der Waals surface area contributed by atoms with Crippen LogP contribution in [0, 0.1) is 5.92 Å². The number of hydrogen-bond acceptors (Lipinski definition) is 2. The zero-order valence-electron chi connectivity index (χ0n) is 7.36. The second kappa shape index (κ2) is 2.70. The average Bonchev–Trinajstić information content (AvgIpc) is 1.88. The van der Waals surface area contributed by atoms with E-state index in [0.29, 0.717) is 12.0 Å². The van der Waals surface area contributed by atoms with Gasteiger partial charge in [0.25, 0.3) is 0 Å². The van der Waals surface area contributed by atoms with E-state index in [0.717, 1.165) is 13.0 Å². The maximum atomic E-state index is 11.2. The molecule has 4 heteroatoms. The Balaban J connectivity index is 2.06. The maximum Gasteiger partial charge on any atom is 0.211 e. The summed E-state index contributed by atoms with van der Waals surface area (Å²) in [4.78, 5) is 0. The van der Waals surface area contributed by atoms with Crippen molar-refractivity contribution in [3.63, 3.8) is 0 Å². The molecular weight excluding hydrogens is 174 g/mol. The number of hydrogen-bond donors (Lipinski definition) is 0. The van der Waals surface area contributed by atoms with Gasteiger partial charge >= 0.3 is 0 Å². The molecule has 3 nitrogen and oxygen atoms in total.